The lowest BCUT2D eigenvalue weighted by Gasteiger charge is -2.33. The Balaban J connectivity index is 1.67. The molecule has 8 nitrogen and oxygen atoms in total. The maximum atomic E-state index is 14.4. The van der Waals surface area contributed by atoms with Gasteiger partial charge < -0.3 is 10.0 Å². The van der Waals surface area contributed by atoms with E-state index in [2.05, 4.69) is 10.1 Å². The van der Waals surface area contributed by atoms with Crippen molar-refractivity contribution in [2.45, 2.75) is 6.18 Å². The highest BCUT2D eigenvalue weighted by atomic mass is 32.2. The Morgan fingerprint density at radius 2 is 1.74 bits per heavy atom. The topological polar surface area (TPSA) is 91.6 Å². The average Bonchev–Trinajstić information content (AvgIpc) is 3.11. The molecule has 1 aliphatic rings. The molecule has 2 aromatic heterocycles. The molecule has 0 saturated carbocycles. The molecule has 3 aromatic rings. The lowest BCUT2D eigenvalue weighted by molar-refractivity contribution is -0.137. The van der Waals surface area contributed by atoms with Crippen LogP contribution < -0.4 is 4.90 Å². The number of benzene rings is 1. The van der Waals surface area contributed by atoms with Crippen molar-refractivity contribution in [3.63, 3.8) is 0 Å². The van der Waals surface area contributed by atoms with E-state index in [9.17, 15) is 31.1 Å². The average molecular weight is 459 g/mol. The van der Waals surface area contributed by atoms with Gasteiger partial charge in [0.25, 0.3) is 0 Å². The molecule has 1 aliphatic heterocycles. The largest absolute Gasteiger partial charge is 0.505 e. The van der Waals surface area contributed by atoms with Gasteiger partial charge in [0.2, 0.25) is 10.0 Å². The van der Waals surface area contributed by atoms with Gasteiger partial charge in [-0.25, -0.2) is 22.5 Å². The first-order valence-electron chi connectivity index (χ1n) is 9.09. The predicted molar refractivity (Wildman–Crippen MR) is 104 cm³/mol. The van der Waals surface area contributed by atoms with Gasteiger partial charge in [-0.1, -0.05) is 0 Å². The third kappa shape index (κ3) is 4.02. The second-order valence-corrected chi connectivity index (χ2v) is 9.12. The number of aromatic nitrogens is 3. The van der Waals surface area contributed by atoms with Crippen LogP contribution in [0.5, 0.6) is 5.75 Å². The van der Waals surface area contributed by atoms with Gasteiger partial charge in [-0.05, 0) is 18.2 Å². The van der Waals surface area contributed by atoms with Gasteiger partial charge in [0.15, 0.2) is 11.6 Å². The fourth-order valence-electron chi connectivity index (χ4n) is 3.44. The minimum absolute atomic E-state index is 0.246. The molecule has 0 amide bonds. The molecule has 4 rings (SSSR count). The van der Waals surface area contributed by atoms with Crippen molar-refractivity contribution in [1.29, 1.82) is 0 Å². The molecule has 0 bridgehead atoms. The number of hydrogen-bond donors (Lipinski definition) is 1. The summed E-state index contributed by atoms with van der Waals surface area (Å²) in [5.74, 6) is -1.84. The third-order valence-corrected chi connectivity index (χ3v) is 6.36. The van der Waals surface area contributed by atoms with Gasteiger partial charge in [0.1, 0.15) is 11.5 Å². The van der Waals surface area contributed by atoms with Crippen LogP contribution in [0.4, 0.5) is 23.4 Å². The fraction of sp³-hybridized carbons (Fsp3) is 0.333. The molecule has 31 heavy (non-hydrogen) atoms. The third-order valence-electron chi connectivity index (χ3n) is 5.06. The van der Waals surface area contributed by atoms with Crippen LogP contribution >= 0.6 is 0 Å². The number of rotatable bonds is 3. The Hall–Kier alpha value is -2.93. The summed E-state index contributed by atoms with van der Waals surface area (Å²) < 4.78 is 79.2. The summed E-state index contributed by atoms with van der Waals surface area (Å²) in [4.78, 5) is 6.16. The lowest BCUT2D eigenvalue weighted by Crippen LogP contribution is -2.48. The molecule has 0 radical (unpaired) electrons. The number of anilines is 1. The number of phenolic OH excluding ortho intramolecular Hbond substituents is 1. The Labute approximate surface area is 174 Å². The van der Waals surface area contributed by atoms with E-state index in [-0.39, 0.29) is 5.52 Å². The molecular weight excluding hydrogens is 442 g/mol. The van der Waals surface area contributed by atoms with Crippen molar-refractivity contribution in [2.24, 2.45) is 0 Å². The van der Waals surface area contributed by atoms with E-state index in [1.54, 1.807) is 6.07 Å². The van der Waals surface area contributed by atoms with Crippen molar-refractivity contribution < 1.29 is 31.1 Å². The van der Waals surface area contributed by atoms with E-state index in [0.717, 1.165) is 10.9 Å². The van der Waals surface area contributed by atoms with Crippen LogP contribution in [0, 0.1) is 5.82 Å². The zero-order valence-corrected chi connectivity index (χ0v) is 17.0. The SMILES string of the molecule is CS(=O)(=O)N1CCN(c2cc3cnn(-c4cc(C(F)(F)F)cc(O)c4F)c3cn2)CC1. The quantitative estimate of drug-likeness (QED) is 0.605. The van der Waals surface area contributed by atoms with E-state index in [4.69, 9.17) is 0 Å². The highest BCUT2D eigenvalue weighted by Gasteiger charge is 2.33. The molecule has 1 fully saturated rings. The molecule has 1 aromatic carbocycles. The van der Waals surface area contributed by atoms with Gasteiger partial charge in [-0.3, -0.25) is 0 Å². The van der Waals surface area contributed by atoms with Gasteiger partial charge >= 0.3 is 6.18 Å². The maximum Gasteiger partial charge on any atom is 0.416 e. The lowest BCUT2D eigenvalue weighted by atomic mass is 10.1. The summed E-state index contributed by atoms with van der Waals surface area (Å²) >= 11 is 0. The molecule has 0 spiro atoms. The zero-order valence-electron chi connectivity index (χ0n) is 16.1. The normalized spacial score (nSPS) is 16.2. The van der Waals surface area contributed by atoms with E-state index in [1.807, 2.05) is 4.90 Å². The Kier molecular flexibility index (Phi) is 5.04. The number of pyridine rings is 1. The summed E-state index contributed by atoms with van der Waals surface area (Å²) in [5.41, 5.74) is -1.52. The van der Waals surface area contributed by atoms with E-state index >= 15 is 0 Å². The molecule has 0 unspecified atom stereocenters. The second kappa shape index (κ2) is 7.34. The van der Waals surface area contributed by atoms with Crippen LogP contribution in [0.2, 0.25) is 0 Å². The number of phenols is 1. The van der Waals surface area contributed by atoms with Crippen molar-refractivity contribution in [3.05, 3.63) is 42.0 Å². The summed E-state index contributed by atoms with van der Waals surface area (Å²) in [7, 11) is -3.28. The maximum absolute atomic E-state index is 14.4. The zero-order chi connectivity index (χ0) is 22.6. The van der Waals surface area contributed by atoms with Crippen molar-refractivity contribution in [3.8, 4) is 11.4 Å². The number of hydrogen-bond acceptors (Lipinski definition) is 6. The standard InChI is InChI=1S/C18H17F4N5O3S/c1-31(29,30)26-4-2-25(3-5-26)16-6-11-9-24-27(14(11)10-23-16)13-7-12(18(20,21)22)8-15(28)17(13)19/h6-10,28H,2-5H2,1H3. The number of alkyl halides is 3. The summed E-state index contributed by atoms with van der Waals surface area (Å²) in [6.07, 6.45) is -0.935. The molecule has 1 N–H and O–H groups in total. The molecule has 166 valence electrons. The number of halogens is 4. The van der Waals surface area contributed by atoms with Crippen LogP contribution in [-0.4, -0.2) is 65.0 Å². The highest BCUT2D eigenvalue weighted by molar-refractivity contribution is 7.88. The molecule has 1 saturated heterocycles. The van der Waals surface area contributed by atoms with Crippen LogP contribution in [0.1, 0.15) is 5.56 Å². The first kappa shape index (κ1) is 21.3. The number of fused-ring (bicyclic) bond motifs is 1. The predicted octanol–water partition coefficient (Wildman–Crippen LogP) is 2.37. The van der Waals surface area contributed by atoms with Gasteiger partial charge in [-0.2, -0.15) is 22.6 Å². The Morgan fingerprint density at radius 1 is 1.06 bits per heavy atom. The Morgan fingerprint density at radius 3 is 2.35 bits per heavy atom. The second-order valence-electron chi connectivity index (χ2n) is 7.13. The van der Waals surface area contributed by atoms with E-state index in [0.29, 0.717) is 49.5 Å². The van der Waals surface area contributed by atoms with Crippen molar-refractivity contribution in [1.82, 2.24) is 19.1 Å². The van der Waals surface area contributed by atoms with Crippen molar-refractivity contribution in [2.75, 3.05) is 37.3 Å². The van der Waals surface area contributed by atoms with Crippen LogP contribution in [0.25, 0.3) is 16.6 Å². The smallest absolute Gasteiger partial charge is 0.416 e. The molecular formula is C18H17F4N5O3S. The summed E-state index contributed by atoms with van der Waals surface area (Å²) in [6, 6.07) is 2.52. The summed E-state index contributed by atoms with van der Waals surface area (Å²) in [5, 5.41) is 14.1. The van der Waals surface area contributed by atoms with E-state index in [1.165, 1.54) is 16.7 Å². The molecule has 3 heterocycles. The van der Waals surface area contributed by atoms with Gasteiger partial charge in [0, 0.05) is 31.6 Å². The van der Waals surface area contributed by atoms with Gasteiger partial charge in [-0.15, -0.1) is 0 Å². The number of nitrogens with zero attached hydrogens (tertiary/aromatic N) is 5. The van der Waals surface area contributed by atoms with Crippen molar-refractivity contribution >= 4 is 26.7 Å². The number of aromatic hydroxyl groups is 1. The first-order valence-corrected chi connectivity index (χ1v) is 10.9. The monoisotopic (exact) mass is 459 g/mol. The van der Waals surface area contributed by atoms with Crippen LogP contribution in [0.15, 0.2) is 30.6 Å². The van der Waals surface area contributed by atoms with Crippen LogP contribution in [0.3, 0.4) is 0 Å². The summed E-state index contributed by atoms with van der Waals surface area (Å²) in [6.45, 7) is 1.42. The van der Waals surface area contributed by atoms with E-state index < -0.39 is 39.0 Å². The minimum atomic E-state index is -4.78. The highest BCUT2D eigenvalue weighted by Crippen LogP contribution is 2.36. The molecule has 0 atom stereocenters. The van der Waals surface area contributed by atoms with Gasteiger partial charge in [0.05, 0.1) is 29.7 Å². The molecule has 0 aliphatic carbocycles. The fourth-order valence-corrected chi connectivity index (χ4v) is 4.27. The first-order chi connectivity index (χ1) is 14.4. The number of piperazine rings is 1. The minimum Gasteiger partial charge on any atom is -0.505 e. The molecule has 13 heteroatoms. The number of sulfonamides is 1. The Bertz CT molecular complexity index is 1250. The van der Waals surface area contributed by atoms with Crippen LogP contribution in [-0.2, 0) is 16.2 Å².